The molecule has 1 aliphatic rings. The van der Waals surface area contributed by atoms with Crippen LogP contribution in [-0.4, -0.2) is 59.1 Å². The van der Waals surface area contributed by atoms with E-state index in [4.69, 9.17) is 25.6 Å². The lowest BCUT2D eigenvalue weighted by molar-refractivity contribution is 0.0615. The van der Waals surface area contributed by atoms with Crippen molar-refractivity contribution in [3.8, 4) is 11.5 Å². The van der Waals surface area contributed by atoms with Crippen LogP contribution in [0.15, 0.2) is 53.1 Å². The molecule has 4 rings (SSSR count). The van der Waals surface area contributed by atoms with Gasteiger partial charge in [-0.05, 0) is 36.4 Å². The predicted molar refractivity (Wildman–Crippen MR) is 114 cm³/mol. The molecule has 9 heteroatoms. The van der Waals surface area contributed by atoms with E-state index in [1.807, 2.05) is 41.3 Å². The fraction of sp³-hybridized carbons (Fsp3) is 0.318. The van der Waals surface area contributed by atoms with Crippen LogP contribution in [-0.2, 0) is 13.2 Å². The van der Waals surface area contributed by atoms with Gasteiger partial charge in [0.25, 0.3) is 5.91 Å². The summed E-state index contributed by atoms with van der Waals surface area (Å²) in [6.45, 7) is 3.42. The van der Waals surface area contributed by atoms with Crippen LogP contribution in [0.3, 0.4) is 0 Å². The molecule has 2 heterocycles. The van der Waals surface area contributed by atoms with Crippen LogP contribution in [0.5, 0.6) is 11.5 Å². The number of amides is 1. The lowest BCUT2D eigenvalue weighted by Gasteiger charge is -2.34. The highest BCUT2D eigenvalue weighted by molar-refractivity contribution is 6.33. The van der Waals surface area contributed by atoms with Crippen LogP contribution >= 0.6 is 11.6 Å². The summed E-state index contributed by atoms with van der Waals surface area (Å²) in [4.78, 5) is 21.1. The van der Waals surface area contributed by atoms with Gasteiger partial charge in [-0.15, -0.1) is 0 Å². The van der Waals surface area contributed by atoms with E-state index in [1.54, 1.807) is 19.2 Å². The highest BCUT2D eigenvalue weighted by Gasteiger charge is 2.24. The normalized spacial score (nSPS) is 14.5. The molecule has 3 aromatic rings. The Labute approximate surface area is 185 Å². The molecule has 162 valence electrons. The zero-order valence-electron chi connectivity index (χ0n) is 17.2. The molecule has 0 atom stereocenters. The molecule has 0 spiro atoms. The number of ether oxygens (including phenoxy) is 2. The van der Waals surface area contributed by atoms with Crippen molar-refractivity contribution in [3.63, 3.8) is 0 Å². The predicted octanol–water partition coefficient (Wildman–Crippen LogP) is 3.27. The number of methoxy groups -OCH3 is 1. The fourth-order valence-electron chi connectivity index (χ4n) is 3.34. The van der Waals surface area contributed by atoms with Gasteiger partial charge in [0, 0.05) is 26.2 Å². The minimum Gasteiger partial charge on any atom is -0.497 e. The summed E-state index contributed by atoms with van der Waals surface area (Å²) < 4.78 is 16.2. The van der Waals surface area contributed by atoms with E-state index in [2.05, 4.69) is 15.0 Å². The monoisotopic (exact) mass is 442 g/mol. The number of halogens is 1. The van der Waals surface area contributed by atoms with Crippen molar-refractivity contribution < 1.29 is 18.8 Å². The number of carbonyl (C=O) groups excluding carboxylic acids is 1. The molecule has 1 aliphatic heterocycles. The van der Waals surface area contributed by atoms with Gasteiger partial charge in [0.05, 0.1) is 24.2 Å². The summed E-state index contributed by atoms with van der Waals surface area (Å²) in [6.07, 6.45) is 0. The molecule has 8 nitrogen and oxygen atoms in total. The third kappa shape index (κ3) is 5.34. The van der Waals surface area contributed by atoms with Crippen molar-refractivity contribution in [1.82, 2.24) is 19.9 Å². The lowest BCUT2D eigenvalue weighted by Crippen LogP contribution is -2.48. The molecule has 1 fully saturated rings. The van der Waals surface area contributed by atoms with Crippen molar-refractivity contribution >= 4 is 17.5 Å². The second-order valence-electron chi connectivity index (χ2n) is 7.12. The topological polar surface area (TPSA) is 80.9 Å². The summed E-state index contributed by atoms with van der Waals surface area (Å²) in [7, 11) is 1.62. The fourth-order valence-corrected chi connectivity index (χ4v) is 3.55. The van der Waals surface area contributed by atoms with Gasteiger partial charge in [-0.2, -0.15) is 4.98 Å². The van der Waals surface area contributed by atoms with Crippen molar-refractivity contribution in [2.75, 3.05) is 33.3 Å². The number of rotatable bonds is 7. The van der Waals surface area contributed by atoms with E-state index in [0.29, 0.717) is 47.7 Å². The molecule has 31 heavy (non-hydrogen) atoms. The maximum atomic E-state index is 12.7. The van der Waals surface area contributed by atoms with Crippen molar-refractivity contribution in [2.24, 2.45) is 0 Å². The van der Waals surface area contributed by atoms with Crippen molar-refractivity contribution in [3.05, 3.63) is 70.8 Å². The Bertz CT molecular complexity index is 1020. The summed E-state index contributed by atoms with van der Waals surface area (Å²) in [6, 6.07) is 14.4. The highest BCUT2D eigenvalue weighted by Crippen LogP contribution is 2.19. The van der Waals surface area contributed by atoms with Gasteiger partial charge in [0.15, 0.2) is 6.61 Å². The second kappa shape index (κ2) is 9.80. The Balaban J connectivity index is 1.25. The van der Waals surface area contributed by atoms with Crippen LogP contribution in [0, 0.1) is 0 Å². The van der Waals surface area contributed by atoms with Gasteiger partial charge >= 0.3 is 0 Å². The van der Waals surface area contributed by atoms with Crippen LogP contribution in [0.2, 0.25) is 5.02 Å². The first-order valence-corrected chi connectivity index (χ1v) is 10.3. The van der Waals surface area contributed by atoms with Crippen LogP contribution in [0.1, 0.15) is 22.1 Å². The van der Waals surface area contributed by atoms with Gasteiger partial charge in [-0.1, -0.05) is 28.9 Å². The molecule has 2 aromatic carbocycles. The Hall–Kier alpha value is -3.10. The van der Waals surface area contributed by atoms with Gasteiger partial charge in [-0.3, -0.25) is 9.69 Å². The first-order valence-electron chi connectivity index (χ1n) is 9.97. The molecule has 0 saturated carbocycles. The third-order valence-electron chi connectivity index (χ3n) is 5.06. The zero-order valence-corrected chi connectivity index (χ0v) is 17.9. The standard InChI is InChI=1S/C22H23ClN4O4/c1-29-16-6-8-17(9-7-16)30-15-20-24-21(31-25-20)14-26-10-12-27(13-11-26)22(28)18-4-2-3-5-19(18)23/h2-9H,10-15H2,1H3. The molecule has 0 aliphatic carbocycles. The highest BCUT2D eigenvalue weighted by atomic mass is 35.5. The van der Waals surface area contributed by atoms with Gasteiger partial charge in [0.1, 0.15) is 11.5 Å². The summed E-state index contributed by atoms with van der Waals surface area (Å²) in [5.41, 5.74) is 0.538. The van der Waals surface area contributed by atoms with Gasteiger partial charge in [-0.25, -0.2) is 0 Å². The number of piperazine rings is 1. The van der Waals surface area contributed by atoms with Crippen LogP contribution in [0.25, 0.3) is 0 Å². The Kier molecular flexibility index (Phi) is 6.69. The molecule has 0 radical (unpaired) electrons. The minimum absolute atomic E-state index is 0.0407. The number of aromatic nitrogens is 2. The lowest BCUT2D eigenvalue weighted by atomic mass is 10.2. The number of hydrogen-bond acceptors (Lipinski definition) is 7. The zero-order chi connectivity index (χ0) is 21.6. The quantitative estimate of drug-likeness (QED) is 0.555. The largest absolute Gasteiger partial charge is 0.497 e. The van der Waals surface area contributed by atoms with Crippen molar-refractivity contribution in [1.29, 1.82) is 0 Å². The Morgan fingerprint density at radius 3 is 2.48 bits per heavy atom. The molecule has 1 aromatic heterocycles. The number of hydrogen-bond donors (Lipinski definition) is 0. The van der Waals surface area contributed by atoms with E-state index in [0.717, 1.165) is 18.8 Å². The number of carbonyl (C=O) groups is 1. The van der Waals surface area contributed by atoms with Crippen LogP contribution < -0.4 is 9.47 Å². The average molecular weight is 443 g/mol. The van der Waals surface area contributed by atoms with E-state index < -0.39 is 0 Å². The molecule has 0 unspecified atom stereocenters. The molecule has 0 bridgehead atoms. The maximum Gasteiger partial charge on any atom is 0.255 e. The van der Waals surface area contributed by atoms with E-state index >= 15 is 0 Å². The molecular weight excluding hydrogens is 420 g/mol. The first kappa shape index (κ1) is 21.1. The first-order chi connectivity index (χ1) is 15.1. The second-order valence-corrected chi connectivity index (χ2v) is 7.52. The average Bonchev–Trinajstić information content (AvgIpc) is 3.25. The van der Waals surface area contributed by atoms with E-state index in [9.17, 15) is 4.79 Å². The molecule has 0 N–H and O–H groups in total. The van der Waals surface area contributed by atoms with Crippen molar-refractivity contribution in [2.45, 2.75) is 13.2 Å². The molecule has 1 saturated heterocycles. The Morgan fingerprint density at radius 2 is 1.77 bits per heavy atom. The number of benzene rings is 2. The van der Waals surface area contributed by atoms with Crippen LogP contribution in [0.4, 0.5) is 0 Å². The SMILES string of the molecule is COc1ccc(OCc2noc(CN3CCN(C(=O)c4ccccc4Cl)CC3)n2)cc1. The van der Waals surface area contributed by atoms with Gasteiger partial charge < -0.3 is 18.9 Å². The summed E-state index contributed by atoms with van der Waals surface area (Å²) in [5.74, 6) is 2.44. The molecular formula is C22H23ClN4O4. The smallest absolute Gasteiger partial charge is 0.255 e. The summed E-state index contributed by atoms with van der Waals surface area (Å²) >= 11 is 6.15. The maximum absolute atomic E-state index is 12.7. The Morgan fingerprint density at radius 1 is 1.06 bits per heavy atom. The number of nitrogens with zero attached hydrogens (tertiary/aromatic N) is 4. The molecule has 1 amide bonds. The summed E-state index contributed by atoms with van der Waals surface area (Å²) in [5, 5.41) is 4.46. The minimum atomic E-state index is -0.0407. The van der Waals surface area contributed by atoms with E-state index in [1.165, 1.54) is 0 Å². The van der Waals surface area contributed by atoms with E-state index in [-0.39, 0.29) is 12.5 Å². The third-order valence-corrected chi connectivity index (χ3v) is 5.39. The van der Waals surface area contributed by atoms with Gasteiger partial charge in [0.2, 0.25) is 11.7 Å².